The molecule has 1 aromatic rings. The van der Waals surface area contributed by atoms with Gasteiger partial charge in [-0.25, -0.2) is 0 Å². The van der Waals surface area contributed by atoms with Gasteiger partial charge in [-0.2, -0.15) is 0 Å². The van der Waals surface area contributed by atoms with Gasteiger partial charge in [0.1, 0.15) is 0 Å². The van der Waals surface area contributed by atoms with E-state index in [0.717, 1.165) is 37.3 Å². The van der Waals surface area contributed by atoms with Crippen LogP contribution >= 0.6 is 0 Å². The Morgan fingerprint density at radius 2 is 2.00 bits per heavy atom. The summed E-state index contributed by atoms with van der Waals surface area (Å²) < 4.78 is 0. The third-order valence-corrected chi connectivity index (χ3v) is 3.54. The average molecular weight is 232 g/mol. The molecule has 0 spiro atoms. The fraction of sp³-hybridized carbons (Fsp3) is 0.500. The van der Waals surface area contributed by atoms with Gasteiger partial charge in [0.05, 0.1) is 0 Å². The summed E-state index contributed by atoms with van der Waals surface area (Å²) in [5.74, 6) is 1.08. The largest absolute Gasteiger partial charge is 0.399 e. The fourth-order valence-electron chi connectivity index (χ4n) is 2.38. The van der Waals surface area contributed by atoms with E-state index in [2.05, 4.69) is 12.2 Å². The second-order valence-electron chi connectivity index (χ2n) is 5.07. The summed E-state index contributed by atoms with van der Waals surface area (Å²) >= 11 is 0. The van der Waals surface area contributed by atoms with E-state index in [0.29, 0.717) is 5.69 Å². The Hall–Kier alpha value is -1.51. The average Bonchev–Trinajstić information content (AvgIpc) is 2.29. The van der Waals surface area contributed by atoms with Crippen molar-refractivity contribution in [3.63, 3.8) is 0 Å². The molecule has 0 aromatic heterocycles. The lowest BCUT2D eigenvalue weighted by Gasteiger charge is -2.25. The summed E-state index contributed by atoms with van der Waals surface area (Å²) in [6, 6.07) is 7.34. The van der Waals surface area contributed by atoms with E-state index in [9.17, 15) is 4.79 Å². The number of nitrogens with one attached hydrogen (secondary N) is 1. The van der Waals surface area contributed by atoms with Crippen LogP contribution in [0.3, 0.4) is 0 Å². The molecule has 0 unspecified atom stereocenters. The Morgan fingerprint density at radius 1 is 1.29 bits per heavy atom. The van der Waals surface area contributed by atoms with E-state index in [4.69, 9.17) is 5.73 Å². The van der Waals surface area contributed by atoms with E-state index in [1.807, 2.05) is 18.2 Å². The summed E-state index contributed by atoms with van der Waals surface area (Å²) in [5.41, 5.74) is 7.16. The predicted molar refractivity (Wildman–Crippen MR) is 70.6 cm³/mol. The second kappa shape index (κ2) is 5.21. The van der Waals surface area contributed by atoms with Crippen LogP contribution in [0.4, 0.5) is 11.4 Å². The highest BCUT2D eigenvalue weighted by molar-refractivity contribution is 5.92. The highest BCUT2D eigenvalue weighted by Gasteiger charge is 2.24. The van der Waals surface area contributed by atoms with Crippen molar-refractivity contribution in [2.24, 2.45) is 11.8 Å². The highest BCUT2D eigenvalue weighted by atomic mass is 16.1. The van der Waals surface area contributed by atoms with Crippen LogP contribution < -0.4 is 11.1 Å². The molecule has 1 aromatic carbocycles. The molecule has 0 radical (unpaired) electrons. The number of rotatable bonds is 2. The smallest absolute Gasteiger partial charge is 0.227 e. The lowest BCUT2D eigenvalue weighted by atomic mass is 9.82. The van der Waals surface area contributed by atoms with Crippen LogP contribution in [-0.2, 0) is 4.79 Å². The molecule has 1 aliphatic rings. The summed E-state index contributed by atoms with van der Waals surface area (Å²) in [6.07, 6.45) is 4.34. The van der Waals surface area contributed by atoms with E-state index in [1.54, 1.807) is 6.07 Å². The van der Waals surface area contributed by atoms with Gasteiger partial charge in [0.15, 0.2) is 0 Å². The maximum atomic E-state index is 12.0. The zero-order valence-electron chi connectivity index (χ0n) is 10.3. The van der Waals surface area contributed by atoms with Crippen molar-refractivity contribution in [1.82, 2.24) is 0 Å². The first-order chi connectivity index (χ1) is 8.15. The first-order valence-electron chi connectivity index (χ1n) is 6.31. The summed E-state index contributed by atoms with van der Waals surface area (Å²) in [5, 5.41) is 2.95. The van der Waals surface area contributed by atoms with Gasteiger partial charge in [0, 0.05) is 17.3 Å². The molecule has 0 aliphatic heterocycles. The molecule has 3 N–H and O–H groups in total. The maximum absolute atomic E-state index is 12.0. The summed E-state index contributed by atoms with van der Waals surface area (Å²) in [6.45, 7) is 2.26. The Bertz CT molecular complexity index is 395. The molecule has 3 nitrogen and oxygen atoms in total. The van der Waals surface area contributed by atoms with Crippen LogP contribution in [-0.4, -0.2) is 5.91 Å². The topological polar surface area (TPSA) is 55.1 Å². The van der Waals surface area contributed by atoms with Crippen molar-refractivity contribution in [3.8, 4) is 0 Å². The number of nitrogens with two attached hydrogens (primary N) is 1. The van der Waals surface area contributed by atoms with Crippen LogP contribution in [0.15, 0.2) is 24.3 Å². The van der Waals surface area contributed by atoms with Crippen LogP contribution in [0.1, 0.15) is 32.6 Å². The number of anilines is 2. The van der Waals surface area contributed by atoms with Crippen molar-refractivity contribution in [2.75, 3.05) is 11.1 Å². The van der Waals surface area contributed by atoms with Crippen molar-refractivity contribution in [1.29, 1.82) is 0 Å². The fourth-order valence-corrected chi connectivity index (χ4v) is 2.38. The molecule has 0 heterocycles. The monoisotopic (exact) mass is 232 g/mol. The first-order valence-corrected chi connectivity index (χ1v) is 6.31. The predicted octanol–water partition coefficient (Wildman–Crippen LogP) is 3.03. The van der Waals surface area contributed by atoms with E-state index < -0.39 is 0 Å². The molecule has 0 bridgehead atoms. The Kier molecular flexibility index (Phi) is 3.67. The number of amides is 1. The third kappa shape index (κ3) is 3.22. The molecule has 2 rings (SSSR count). The van der Waals surface area contributed by atoms with Crippen molar-refractivity contribution >= 4 is 17.3 Å². The Morgan fingerprint density at radius 3 is 2.65 bits per heavy atom. The summed E-state index contributed by atoms with van der Waals surface area (Å²) in [4.78, 5) is 12.0. The van der Waals surface area contributed by atoms with Gasteiger partial charge >= 0.3 is 0 Å². The molecule has 1 aliphatic carbocycles. The molecule has 0 saturated heterocycles. The minimum absolute atomic E-state index is 0.141. The molecule has 1 amide bonds. The second-order valence-corrected chi connectivity index (χ2v) is 5.07. The molecule has 1 saturated carbocycles. The molecule has 0 atom stereocenters. The molecule has 92 valence electrons. The highest BCUT2D eigenvalue weighted by Crippen LogP contribution is 2.29. The van der Waals surface area contributed by atoms with Crippen LogP contribution in [0.5, 0.6) is 0 Å². The Labute approximate surface area is 102 Å². The van der Waals surface area contributed by atoms with E-state index in [-0.39, 0.29) is 11.8 Å². The number of benzene rings is 1. The zero-order chi connectivity index (χ0) is 12.3. The van der Waals surface area contributed by atoms with Gasteiger partial charge in [0.25, 0.3) is 0 Å². The minimum Gasteiger partial charge on any atom is -0.399 e. The molecule has 1 fully saturated rings. The Balaban J connectivity index is 1.93. The zero-order valence-corrected chi connectivity index (χ0v) is 10.3. The molecule has 17 heavy (non-hydrogen) atoms. The molecule has 3 heteroatoms. The van der Waals surface area contributed by atoms with Gasteiger partial charge in [-0.05, 0) is 49.8 Å². The lowest BCUT2D eigenvalue weighted by Crippen LogP contribution is -2.26. The number of carbonyl (C=O) groups excluding carboxylic acids is 1. The molecular formula is C14H20N2O. The number of hydrogen-bond acceptors (Lipinski definition) is 2. The standard InChI is InChI=1S/C14H20N2O/c1-10-5-7-11(8-6-10)14(17)16-13-4-2-3-12(15)9-13/h2-4,9-11H,5-8,15H2,1H3,(H,16,17). The summed E-state index contributed by atoms with van der Waals surface area (Å²) in [7, 11) is 0. The lowest BCUT2D eigenvalue weighted by molar-refractivity contribution is -0.121. The van der Waals surface area contributed by atoms with Crippen LogP contribution in [0.2, 0.25) is 0 Å². The number of carbonyl (C=O) groups is 1. The van der Waals surface area contributed by atoms with Gasteiger partial charge in [-0.3, -0.25) is 4.79 Å². The van der Waals surface area contributed by atoms with Gasteiger partial charge in [-0.1, -0.05) is 13.0 Å². The van der Waals surface area contributed by atoms with Gasteiger partial charge in [-0.15, -0.1) is 0 Å². The quantitative estimate of drug-likeness (QED) is 0.770. The minimum atomic E-state index is 0.141. The third-order valence-electron chi connectivity index (χ3n) is 3.54. The van der Waals surface area contributed by atoms with Crippen molar-refractivity contribution in [2.45, 2.75) is 32.6 Å². The van der Waals surface area contributed by atoms with Crippen LogP contribution in [0, 0.1) is 11.8 Å². The normalized spacial score (nSPS) is 24.3. The molecular weight excluding hydrogens is 212 g/mol. The van der Waals surface area contributed by atoms with Crippen molar-refractivity contribution < 1.29 is 4.79 Å². The van der Waals surface area contributed by atoms with Gasteiger partial charge in [0.2, 0.25) is 5.91 Å². The first kappa shape index (κ1) is 12.0. The maximum Gasteiger partial charge on any atom is 0.227 e. The van der Waals surface area contributed by atoms with Crippen LogP contribution in [0.25, 0.3) is 0 Å². The van der Waals surface area contributed by atoms with E-state index >= 15 is 0 Å². The van der Waals surface area contributed by atoms with Gasteiger partial charge < -0.3 is 11.1 Å². The number of nitrogen functional groups attached to an aromatic ring is 1. The van der Waals surface area contributed by atoms with Crippen molar-refractivity contribution in [3.05, 3.63) is 24.3 Å². The van der Waals surface area contributed by atoms with E-state index in [1.165, 1.54) is 0 Å². The SMILES string of the molecule is CC1CCC(C(=O)Nc2cccc(N)c2)CC1. The number of hydrogen-bond donors (Lipinski definition) is 2.